The van der Waals surface area contributed by atoms with Crippen LogP contribution in [0.1, 0.15) is 64.0 Å². The van der Waals surface area contributed by atoms with E-state index in [0.717, 1.165) is 16.7 Å². The maximum Gasteiger partial charge on any atom is 0.330 e. The van der Waals surface area contributed by atoms with Gasteiger partial charge in [0.2, 0.25) is 0 Å². The van der Waals surface area contributed by atoms with Crippen molar-refractivity contribution in [3.05, 3.63) is 129 Å². The fourth-order valence-electron chi connectivity index (χ4n) is 7.52. The number of hydrogen-bond donors (Lipinski definition) is 1. The van der Waals surface area contributed by atoms with Crippen molar-refractivity contribution in [2.75, 3.05) is 27.4 Å². The molecule has 292 valence electrons. The van der Waals surface area contributed by atoms with Crippen molar-refractivity contribution < 1.29 is 32.7 Å². The van der Waals surface area contributed by atoms with Gasteiger partial charge in [-0.25, -0.2) is 9.46 Å². The molecule has 6 atom stereocenters. The monoisotopic (exact) mass is 772 g/mol. The minimum atomic E-state index is -1.78. The summed E-state index contributed by atoms with van der Waals surface area (Å²) in [6.45, 7) is 10.4. The number of rotatable bonds is 17. The Morgan fingerprint density at radius 1 is 0.909 bits per heavy atom. The van der Waals surface area contributed by atoms with E-state index in [9.17, 15) is 14.9 Å². The average molecular weight is 773 g/mol. The highest BCUT2D eigenvalue weighted by Crippen LogP contribution is 2.57. The number of ether oxygens (including phenoxy) is 5. The third-order valence-electron chi connectivity index (χ3n) is 10.1. The van der Waals surface area contributed by atoms with Crippen LogP contribution in [0.15, 0.2) is 101 Å². The summed E-state index contributed by atoms with van der Waals surface area (Å²) >= 11 is 0. The lowest BCUT2D eigenvalue weighted by molar-refractivity contribution is -0.230. The summed E-state index contributed by atoms with van der Waals surface area (Å²) in [7, 11) is 1.47. The smallest absolute Gasteiger partial charge is 0.330 e. The van der Waals surface area contributed by atoms with Crippen LogP contribution in [0.2, 0.25) is 0 Å². The molecule has 0 spiro atoms. The summed E-state index contributed by atoms with van der Waals surface area (Å²) in [6.07, 6.45) is -1.80. The number of benzene rings is 3. The molecular weight excluding hydrogens is 723 g/mol. The zero-order valence-corrected chi connectivity index (χ0v) is 33.1. The van der Waals surface area contributed by atoms with Crippen molar-refractivity contribution in [1.82, 2.24) is 14.2 Å². The Morgan fingerprint density at radius 3 is 2.02 bits per heavy atom. The third kappa shape index (κ3) is 7.86. The Labute approximate surface area is 322 Å². The topological polar surface area (TPSA) is 147 Å². The molecule has 3 heterocycles. The predicted molar refractivity (Wildman–Crippen MR) is 207 cm³/mol. The number of nitriles is 1. The zero-order chi connectivity index (χ0) is 39.3. The van der Waals surface area contributed by atoms with E-state index in [2.05, 4.69) is 43.4 Å². The van der Waals surface area contributed by atoms with Crippen molar-refractivity contribution in [3.8, 4) is 17.6 Å². The molecule has 2 bridgehead atoms. The van der Waals surface area contributed by atoms with Gasteiger partial charge in [-0.3, -0.25) is 14.3 Å². The number of nitrogens with zero attached hydrogens (tertiary/aromatic N) is 3. The van der Waals surface area contributed by atoms with Crippen molar-refractivity contribution in [1.29, 1.82) is 5.26 Å². The molecule has 1 N–H and O–H groups in total. The summed E-state index contributed by atoms with van der Waals surface area (Å²) in [4.78, 5) is 27.7. The van der Waals surface area contributed by atoms with Crippen molar-refractivity contribution in [2.24, 2.45) is 0 Å². The van der Waals surface area contributed by atoms with Crippen molar-refractivity contribution in [2.45, 2.75) is 88.9 Å². The molecule has 2 fully saturated rings. The molecule has 4 aromatic rings. The van der Waals surface area contributed by atoms with Gasteiger partial charge in [-0.1, -0.05) is 54.6 Å². The second-order valence-corrected chi connectivity index (χ2v) is 15.5. The molecule has 6 rings (SSSR count). The molecule has 2 aliphatic rings. The maximum atomic E-state index is 13.3. The standard InChI is InChI=1S/C41H49N4O9P/c1-27(2)45(28(3)4)55(51-25-11-23-42)54-37-36-38(44-24-22-35(46)43-39(44)47)53-40(37,26-50-36)29(5)52-41(30-12-9-8-10-13-30,31-14-18-33(48-6)19-15-31)32-16-20-34(49-7)21-17-32/h8-10,12-22,24,27-29,36-38H,11,25-26H2,1-7H3,(H,43,46,47)/t29-,36+,37-,38+,40+,55?/m0/s1. The van der Waals surface area contributed by atoms with Crippen molar-refractivity contribution >= 4 is 8.53 Å². The predicted octanol–water partition coefficient (Wildman–Crippen LogP) is 6.28. The minimum absolute atomic E-state index is 0.0206. The summed E-state index contributed by atoms with van der Waals surface area (Å²) in [6, 6.07) is 28.9. The molecule has 0 saturated carbocycles. The highest BCUT2D eigenvalue weighted by molar-refractivity contribution is 7.44. The minimum Gasteiger partial charge on any atom is -0.497 e. The highest BCUT2D eigenvalue weighted by Gasteiger charge is 2.68. The zero-order valence-electron chi connectivity index (χ0n) is 32.2. The molecule has 55 heavy (non-hydrogen) atoms. The number of aromatic amines is 1. The molecule has 1 aromatic heterocycles. The van der Waals surface area contributed by atoms with Crippen molar-refractivity contribution in [3.63, 3.8) is 0 Å². The van der Waals surface area contributed by atoms with Gasteiger partial charge in [-0.15, -0.1) is 0 Å². The second-order valence-electron chi connectivity index (χ2n) is 14.1. The molecule has 13 nitrogen and oxygen atoms in total. The van der Waals surface area contributed by atoms with E-state index in [-0.39, 0.29) is 31.7 Å². The van der Waals surface area contributed by atoms with Crippen LogP contribution in [0.4, 0.5) is 0 Å². The number of nitrogens with one attached hydrogen (secondary N) is 1. The normalized spacial score (nSPS) is 21.9. The average Bonchev–Trinajstić information content (AvgIpc) is 3.69. The highest BCUT2D eigenvalue weighted by atomic mass is 31.2. The molecule has 0 amide bonds. The number of fused-ring (bicyclic) bond motifs is 2. The lowest BCUT2D eigenvalue weighted by Gasteiger charge is -2.44. The first-order valence-corrected chi connectivity index (χ1v) is 19.5. The first-order chi connectivity index (χ1) is 26.5. The van der Waals surface area contributed by atoms with Gasteiger partial charge in [-0.05, 0) is 75.6 Å². The van der Waals surface area contributed by atoms with E-state index in [0.29, 0.717) is 11.5 Å². The largest absolute Gasteiger partial charge is 0.497 e. The molecule has 0 aliphatic carbocycles. The second kappa shape index (κ2) is 17.2. The van der Waals surface area contributed by atoms with Crippen LogP contribution in [-0.2, 0) is 28.9 Å². The van der Waals surface area contributed by atoms with E-state index in [1.807, 2.05) is 85.8 Å². The van der Waals surface area contributed by atoms with E-state index in [4.69, 9.17) is 32.7 Å². The Bertz CT molecular complexity index is 1980. The molecule has 3 aromatic carbocycles. The van der Waals surface area contributed by atoms with Gasteiger partial charge in [0, 0.05) is 24.3 Å². The third-order valence-corrected chi connectivity index (χ3v) is 12.2. The molecule has 1 unspecified atom stereocenters. The van der Waals surface area contributed by atoms with Gasteiger partial charge < -0.3 is 32.7 Å². The van der Waals surface area contributed by atoms with Crippen LogP contribution in [-0.4, -0.2) is 77.7 Å². The number of methoxy groups -OCH3 is 2. The molecule has 2 saturated heterocycles. The molecular formula is C41H49N4O9P. The van der Waals surface area contributed by atoms with Crippen LogP contribution in [0.25, 0.3) is 0 Å². The van der Waals surface area contributed by atoms with Crippen LogP contribution >= 0.6 is 8.53 Å². The van der Waals surface area contributed by atoms with Gasteiger partial charge in [0.15, 0.2) is 6.23 Å². The molecule has 14 heteroatoms. The van der Waals surface area contributed by atoms with Crippen LogP contribution in [0.5, 0.6) is 11.5 Å². The fourth-order valence-corrected chi connectivity index (χ4v) is 9.32. The van der Waals surface area contributed by atoms with Gasteiger partial charge in [0.1, 0.15) is 34.9 Å². The Balaban J connectivity index is 1.52. The van der Waals surface area contributed by atoms with Gasteiger partial charge >= 0.3 is 5.69 Å². The Kier molecular flexibility index (Phi) is 12.6. The number of hydrogen-bond acceptors (Lipinski definition) is 11. The quantitative estimate of drug-likeness (QED) is 0.0735. The van der Waals surface area contributed by atoms with E-state index in [1.54, 1.807) is 14.2 Å². The Morgan fingerprint density at radius 2 is 1.49 bits per heavy atom. The SMILES string of the molecule is COc1ccc(C(O[C@@H](C)[C@@]23CO[C@@H]([C@H](n4ccc(=O)[nH]c4=O)O2)[C@@H]3OP(OCCC#N)N(C(C)C)C(C)C)(c2ccccc2)c2ccc(OC)cc2)cc1. The summed E-state index contributed by atoms with van der Waals surface area (Å²) in [5.74, 6) is 1.37. The summed E-state index contributed by atoms with van der Waals surface area (Å²) in [5, 5.41) is 9.38. The van der Waals surface area contributed by atoms with Gasteiger partial charge in [0.05, 0.1) is 46.0 Å². The summed E-state index contributed by atoms with van der Waals surface area (Å²) < 4.78 is 49.0. The number of aromatic nitrogens is 2. The molecule has 0 radical (unpaired) electrons. The van der Waals surface area contributed by atoms with Gasteiger partial charge in [0.25, 0.3) is 14.1 Å². The first-order valence-electron chi connectivity index (χ1n) is 18.4. The molecule has 2 aliphatic heterocycles. The van der Waals surface area contributed by atoms with E-state index in [1.165, 1.54) is 16.8 Å². The number of H-pyrrole nitrogens is 1. The lowest BCUT2D eigenvalue weighted by atomic mass is 9.79. The van der Waals surface area contributed by atoms with E-state index >= 15 is 0 Å². The maximum absolute atomic E-state index is 13.3. The van der Waals surface area contributed by atoms with E-state index < -0.39 is 55.5 Å². The van der Waals surface area contributed by atoms with Crippen LogP contribution < -0.4 is 20.7 Å². The summed E-state index contributed by atoms with van der Waals surface area (Å²) in [5.41, 5.74) is -1.22. The van der Waals surface area contributed by atoms with Crippen LogP contribution in [0.3, 0.4) is 0 Å². The first kappa shape index (κ1) is 40.3. The Hall–Kier alpha value is -4.38. The fraction of sp³-hybridized carbons (Fsp3) is 0.439. The van der Waals surface area contributed by atoms with Gasteiger partial charge in [-0.2, -0.15) is 5.26 Å². The lowest BCUT2D eigenvalue weighted by Crippen LogP contribution is -2.55. The van der Waals surface area contributed by atoms with Crippen LogP contribution in [0, 0.1) is 11.3 Å².